The van der Waals surface area contributed by atoms with E-state index in [1.54, 1.807) is 0 Å². The minimum absolute atomic E-state index is 0.719. The van der Waals surface area contributed by atoms with E-state index in [2.05, 4.69) is 0 Å². The van der Waals surface area contributed by atoms with E-state index < -0.39 is 0 Å². The van der Waals surface area contributed by atoms with Crippen molar-refractivity contribution in [3.8, 4) is 0 Å². The zero-order chi connectivity index (χ0) is 4.99. The van der Waals surface area contributed by atoms with Crippen LogP contribution in [0.15, 0.2) is 0 Å². The van der Waals surface area contributed by atoms with Crippen LogP contribution >= 0.6 is 0 Å². The van der Waals surface area contributed by atoms with Crippen molar-refractivity contribution >= 4 is 0 Å². The SMILES string of the molecule is CC[N+](O)CC. The number of hydrogen-bond acceptors (Lipinski definition) is 2. The van der Waals surface area contributed by atoms with Gasteiger partial charge in [0.25, 0.3) is 0 Å². The molecule has 0 rings (SSSR count). The lowest BCUT2D eigenvalue weighted by atomic mass is 10.6. The minimum atomic E-state index is 0.719. The zero-order valence-corrected chi connectivity index (χ0v) is 4.31. The summed E-state index contributed by atoms with van der Waals surface area (Å²) in [7, 11) is 0. The molecule has 0 atom stereocenters. The first-order valence-corrected chi connectivity index (χ1v) is 2.25. The minimum Gasteiger partial charge on any atom is -0.163 e. The van der Waals surface area contributed by atoms with Gasteiger partial charge in [0.1, 0.15) is 0 Å². The standard InChI is InChI=1S/C4H11NO/c1-3-5(6)4-2/h6H,3-4H2,1-2H3/q+1. The van der Waals surface area contributed by atoms with Crippen LogP contribution in [-0.4, -0.2) is 18.3 Å². The second-order valence-corrected chi connectivity index (χ2v) is 1.14. The van der Waals surface area contributed by atoms with Gasteiger partial charge in [-0.05, 0) is 18.9 Å². The molecule has 0 saturated heterocycles. The van der Waals surface area contributed by atoms with Gasteiger partial charge in [0.2, 0.25) is 0 Å². The Labute approximate surface area is 38.3 Å². The third-order valence-electron chi connectivity index (χ3n) is 0.730. The molecule has 0 aromatic heterocycles. The van der Waals surface area contributed by atoms with E-state index in [4.69, 9.17) is 5.21 Å². The summed E-state index contributed by atoms with van der Waals surface area (Å²) in [5, 5.41) is 9.75. The Morgan fingerprint density at radius 3 is 1.67 bits per heavy atom. The van der Waals surface area contributed by atoms with Gasteiger partial charge in [-0.25, -0.2) is 0 Å². The molecule has 0 aromatic carbocycles. The summed E-state index contributed by atoms with van der Waals surface area (Å²) in [6.45, 7) is 5.25. The van der Waals surface area contributed by atoms with Crippen molar-refractivity contribution in [2.24, 2.45) is 0 Å². The molecule has 0 aliphatic heterocycles. The number of nitrogens with zero attached hydrogens (tertiary/aromatic N) is 1. The summed E-state index contributed by atoms with van der Waals surface area (Å²) in [5.41, 5.74) is 0. The Morgan fingerprint density at radius 1 is 1.33 bits per heavy atom. The van der Waals surface area contributed by atoms with E-state index in [0.29, 0.717) is 0 Å². The molecule has 2 nitrogen and oxygen atoms in total. The van der Waals surface area contributed by atoms with Crippen molar-refractivity contribution in [1.29, 1.82) is 0 Å². The molecule has 0 heterocycles. The molecule has 0 aliphatic rings. The largest absolute Gasteiger partial charge is 0.163 e. The second kappa shape index (κ2) is 3.12. The molecule has 0 aromatic rings. The van der Waals surface area contributed by atoms with Gasteiger partial charge in [-0.3, -0.25) is 0 Å². The zero-order valence-electron chi connectivity index (χ0n) is 4.31. The maximum atomic E-state index is 8.50. The Bertz CT molecular complexity index is 26.7. The van der Waals surface area contributed by atoms with E-state index in [1.807, 2.05) is 13.8 Å². The van der Waals surface area contributed by atoms with Crippen LogP contribution in [0.5, 0.6) is 0 Å². The highest BCUT2D eigenvalue weighted by atomic mass is 16.5. The van der Waals surface area contributed by atoms with E-state index >= 15 is 0 Å². The second-order valence-electron chi connectivity index (χ2n) is 1.14. The first-order valence-electron chi connectivity index (χ1n) is 2.25. The van der Waals surface area contributed by atoms with E-state index in [1.165, 1.54) is 5.06 Å². The summed E-state index contributed by atoms with van der Waals surface area (Å²) >= 11 is 0. The van der Waals surface area contributed by atoms with Gasteiger partial charge in [-0.1, -0.05) is 0 Å². The molecule has 0 unspecified atom stereocenters. The lowest BCUT2D eigenvalue weighted by Crippen LogP contribution is -2.23. The van der Waals surface area contributed by atoms with Crippen LogP contribution in [0.2, 0.25) is 0 Å². The Morgan fingerprint density at radius 2 is 1.67 bits per heavy atom. The summed E-state index contributed by atoms with van der Waals surface area (Å²) in [6.07, 6.45) is 0. The average molecular weight is 89.1 g/mol. The van der Waals surface area contributed by atoms with Gasteiger partial charge < -0.3 is 0 Å². The molecule has 1 N–H and O–H groups in total. The Balaban J connectivity index is 2.75. The van der Waals surface area contributed by atoms with Gasteiger partial charge in [0.15, 0.2) is 13.1 Å². The molecule has 2 heteroatoms. The molecule has 6 heavy (non-hydrogen) atoms. The summed E-state index contributed by atoms with van der Waals surface area (Å²) in [4.78, 5) is 0. The molecule has 0 aliphatic carbocycles. The van der Waals surface area contributed by atoms with Crippen molar-refractivity contribution in [3.63, 3.8) is 0 Å². The molecule has 37 valence electrons. The predicted octanol–water partition coefficient (Wildman–Crippen LogP) is 0.556. The summed E-state index contributed by atoms with van der Waals surface area (Å²) in [6, 6.07) is 0. The van der Waals surface area contributed by atoms with Crippen molar-refractivity contribution < 1.29 is 5.21 Å². The molecule has 0 bridgehead atoms. The highest BCUT2D eigenvalue weighted by Gasteiger charge is 1.98. The molecule has 0 amide bonds. The summed E-state index contributed by atoms with van der Waals surface area (Å²) in [5.74, 6) is 0. The number of hydroxylamine groups is 2. The number of rotatable bonds is 2. The predicted molar refractivity (Wildman–Crippen MR) is 25.0 cm³/mol. The lowest BCUT2D eigenvalue weighted by Gasteiger charge is -1.90. The molecular formula is C4H11NO+. The fourth-order valence-corrected chi connectivity index (χ4v) is 0.224. The fourth-order valence-electron chi connectivity index (χ4n) is 0.224. The fraction of sp³-hybridized carbons (Fsp3) is 1.00. The average Bonchev–Trinajstić information content (AvgIpc) is 1.65. The van der Waals surface area contributed by atoms with Crippen LogP contribution in [0.3, 0.4) is 0 Å². The van der Waals surface area contributed by atoms with Crippen molar-refractivity contribution in [1.82, 2.24) is 5.06 Å². The Kier molecular flexibility index (Phi) is 3.08. The smallest absolute Gasteiger partial charge is 0.156 e. The van der Waals surface area contributed by atoms with Crippen molar-refractivity contribution in [2.75, 3.05) is 13.1 Å². The topological polar surface area (TPSA) is 26.1 Å². The lowest BCUT2D eigenvalue weighted by molar-refractivity contribution is 0.0246. The molecule has 1 radical (unpaired) electrons. The highest BCUT2D eigenvalue weighted by molar-refractivity contribution is 4.34. The van der Waals surface area contributed by atoms with E-state index in [0.717, 1.165) is 13.1 Å². The maximum Gasteiger partial charge on any atom is 0.156 e. The van der Waals surface area contributed by atoms with Gasteiger partial charge in [0, 0.05) is 0 Å². The van der Waals surface area contributed by atoms with Gasteiger partial charge in [-0.15, -0.1) is 0 Å². The van der Waals surface area contributed by atoms with Crippen LogP contribution in [-0.2, 0) is 0 Å². The van der Waals surface area contributed by atoms with E-state index in [9.17, 15) is 0 Å². The first kappa shape index (κ1) is 5.92. The Hall–Kier alpha value is -0.0800. The van der Waals surface area contributed by atoms with Crippen LogP contribution < -0.4 is 5.06 Å². The quantitative estimate of drug-likeness (QED) is 0.388. The molecule has 0 spiro atoms. The molecule has 0 fully saturated rings. The van der Waals surface area contributed by atoms with Crippen molar-refractivity contribution in [3.05, 3.63) is 0 Å². The monoisotopic (exact) mass is 89.1 g/mol. The maximum absolute atomic E-state index is 8.50. The van der Waals surface area contributed by atoms with Gasteiger partial charge >= 0.3 is 0 Å². The van der Waals surface area contributed by atoms with Gasteiger partial charge in [-0.2, -0.15) is 5.21 Å². The summed E-state index contributed by atoms with van der Waals surface area (Å²) < 4.78 is 0. The van der Waals surface area contributed by atoms with E-state index in [-0.39, 0.29) is 0 Å². The number of hydrogen-bond donors (Lipinski definition) is 1. The van der Waals surface area contributed by atoms with Crippen LogP contribution in [0.25, 0.3) is 0 Å². The highest BCUT2D eigenvalue weighted by Crippen LogP contribution is 1.67. The molecular weight excluding hydrogens is 78.0 g/mol. The van der Waals surface area contributed by atoms with Crippen molar-refractivity contribution in [2.45, 2.75) is 13.8 Å². The molecule has 0 saturated carbocycles. The van der Waals surface area contributed by atoms with Crippen LogP contribution in [0, 0.1) is 0 Å². The normalized spacial score (nSPS) is 10.0. The van der Waals surface area contributed by atoms with Crippen LogP contribution in [0.4, 0.5) is 0 Å². The van der Waals surface area contributed by atoms with Crippen LogP contribution in [0.1, 0.15) is 13.8 Å². The third kappa shape index (κ3) is 2.18. The van der Waals surface area contributed by atoms with Gasteiger partial charge in [0.05, 0.1) is 0 Å². The third-order valence-corrected chi connectivity index (χ3v) is 0.730. The first-order chi connectivity index (χ1) is 2.81.